The number of aliphatic imine (C=N–C) groups is 1. The van der Waals surface area contributed by atoms with E-state index < -0.39 is 17.9 Å². The van der Waals surface area contributed by atoms with Gasteiger partial charge in [0.2, 0.25) is 0 Å². The highest BCUT2D eigenvalue weighted by molar-refractivity contribution is 9.10. The van der Waals surface area contributed by atoms with E-state index in [1.807, 2.05) is 0 Å². The number of ether oxygens (including phenoxy) is 1. The fraction of sp³-hybridized carbons (Fsp3) is 0.235. The minimum absolute atomic E-state index is 0.208. The zero-order chi connectivity index (χ0) is 17.9. The molecule has 0 radical (unpaired) electrons. The molecule has 1 N–H and O–H groups in total. The third-order valence-electron chi connectivity index (χ3n) is 3.78. The molecule has 2 aromatic rings. The maximum atomic E-state index is 13.7. The van der Waals surface area contributed by atoms with Gasteiger partial charge in [-0.25, -0.2) is 13.8 Å². The molecule has 3 rings (SSSR count). The molecule has 130 valence electrons. The van der Waals surface area contributed by atoms with Crippen LogP contribution in [0.15, 0.2) is 52.1 Å². The third-order valence-corrected chi connectivity index (χ3v) is 4.25. The van der Waals surface area contributed by atoms with E-state index in [4.69, 9.17) is 4.74 Å². The molecular formula is C17H14BrF2N3O2. The number of carbonyl (C=O) groups is 1. The van der Waals surface area contributed by atoms with E-state index in [-0.39, 0.29) is 24.5 Å². The molecule has 0 aliphatic carbocycles. The van der Waals surface area contributed by atoms with Crippen molar-refractivity contribution in [2.45, 2.75) is 12.0 Å². The Morgan fingerprint density at radius 2 is 2.16 bits per heavy atom. The van der Waals surface area contributed by atoms with Crippen molar-refractivity contribution < 1.29 is 18.3 Å². The van der Waals surface area contributed by atoms with Crippen LogP contribution in [0, 0.1) is 0 Å². The standard InChI is InChI=1S/C17H14BrF2N3O2/c18-12-4-5-14(21-9-12)15(24)23-13-3-1-2-11(8-13)17(16(19)20)10-25-7-6-22-17/h1-6,8-9,16H,7,10H2,(H,23,24). The second-order valence-corrected chi connectivity index (χ2v) is 6.36. The fourth-order valence-corrected chi connectivity index (χ4v) is 2.71. The van der Waals surface area contributed by atoms with Gasteiger partial charge in [-0.2, -0.15) is 0 Å². The Kier molecular flexibility index (Phi) is 5.19. The quantitative estimate of drug-likeness (QED) is 0.837. The molecule has 1 amide bonds. The number of hydrogen-bond acceptors (Lipinski definition) is 4. The molecule has 1 aliphatic rings. The van der Waals surface area contributed by atoms with Crippen LogP contribution in [0.4, 0.5) is 14.5 Å². The summed E-state index contributed by atoms with van der Waals surface area (Å²) < 4.78 is 33.2. The number of aromatic nitrogens is 1. The first kappa shape index (κ1) is 17.6. The van der Waals surface area contributed by atoms with Crippen molar-refractivity contribution in [1.82, 2.24) is 4.98 Å². The van der Waals surface area contributed by atoms with Crippen molar-refractivity contribution in [2.24, 2.45) is 4.99 Å². The van der Waals surface area contributed by atoms with Crippen LogP contribution >= 0.6 is 15.9 Å². The van der Waals surface area contributed by atoms with Crippen LogP contribution < -0.4 is 5.32 Å². The minimum Gasteiger partial charge on any atom is -0.373 e. The second-order valence-electron chi connectivity index (χ2n) is 5.45. The van der Waals surface area contributed by atoms with E-state index in [1.165, 1.54) is 18.5 Å². The van der Waals surface area contributed by atoms with Gasteiger partial charge in [0.25, 0.3) is 12.3 Å². The Balaban J connectivity index is 1.86. The number of halogens is 3. The lowest BCUT2D eigenvalue weighted by molar-refractivity contribution is -0.0109. The number of nitrogens with zero attached hydrogens (tertiary/aromatic N) is 2. The molecule has 5 nitrogen and oxygen atoms in total. The van der Waals surface area contributed by atoms with Crippen LogP contribution in [0.1, 0.15) is 16.1 Å². The van der Waals surface area contributed by atoms with Gasteiger partial charge in [0, 0.05) is 22.6 Å². The van der Waals surface area contributed by atoms with E-state index in [9.17, 15) is 13.6 Å². The predicted molar refractivity (Wildman–Crippen MR) is 93.3 cm³/mol. The highest BCUT2D eigenvalue weighted by Gasteiger charge is 2.43. The van der Waals surface area contributed by atoms with Crippen LogP contribution in [-0.2, 0) is 10.3 Å². The Hall–Kier alpha value is -2.19. The van der Waals surface area contributed by atoms with Crippen LogP contribution in [-0.4, -0.2) is 36.7 Å². The van der Waals surface area contributed by atoms with Crippen LogP contribution in [0.25, 0.3) is 0 Å². The molecule has 25 heavy (non-hydrogen) atoms. The van der Waals surface area contributed by atoms with Crippen molar-refractivity contribution >= 4 is 33.7 Å². The fourth-order valence-electron chi connectivity index (χ4n) is 2.48. The average Bonchev–Trinajstić information content (AvgIpc) is 2.63. The Morgan fingerprint density at radius 1 is 1.32 bits per heavy atom. The molecular weight excluding hydrogens is 396 g/mol. The number of carbonyl (C=O) groups excluding carboxylic acids is 1. The topological polar surface area (TPSA) is 63.6 Å². The van der Waals surface area contributed by atoms with Crippen molar-refractivity contribution in [1.29, 1.82) is 0 Å². The average molecular weight is 410 g/mol. The number of nitrogens with one attached hydrogen (secondary N) is 1. The maximum Gasteiger partial charge on any atom is 0.274 e. The molecule has 1 aliphatic heterocycles. The summed E-state index contributed by atoms with van der Waals surface area (Å²) in [5, 5.41) is 2.66. The van der Waals surface area contributed by atoms with Gasteiger partial charge in [-0.1, -0.05) is 12.1 Å². The maximum absolute atomic E-state index is 13.7. The SMILES string of the molecule is O=C(Nc1cccc(C2(C(F)F)COCC=N2)c1)c1ccc(Br)cn1. The first-order valence-electron chi connectivity index (χ1n) is 7.44. The Bertz CT molecular complexity index is 799. The number of hydrogen-bond donors (Lipinski definition) is 1. The molecule has 8 heteroatoms. The van der Waals surface area contributed by atoms with Gasteiger partial charge in [0.15, 0.2) is 5.54 Å². The van der Waals surface area contributed by atoms with Gasteiger partial charge in [0.1, 0.15) is 5.69 Å². The van der Waals surface area contributed by atoms with E-state index in [2.05, 4.69) is 31.2 Å². The monoisotopic (exact) mass is 409 g/mol. The molecule has 1 atom stereocenters. The number of pyridine rings is 1. The van der Waals surface area contributed by atoms with Gasteiger partial charge >= 0.3 is 0 Å². The third kappa shape index (κ3) is 3.74. The van der Waals surface area contributed by atoms with Gasteiger partial charge in [-0.3, -0.25) is 9.79 Å². The Labute approximate surface area is 151 Å². The number of alkyl halides is 2. The lowest BCUT2D eigenvalue weighted by Gasteiger charge is -2.31. The molecule has 1 aromatic carbocycles. The summed E-state index contributed by atoms with van der Waals surface area (Å²) in [6.07, 6.45) is 0.112. The predicted octanol–water partition coefficient (Wildman–Crippen LogP) is 3.66. The first-order valence-corrected chi connectivity index (χ1v) is 8.23. The smallest absolute Gasteiger partial charge is 0.274 e. The molecule has 1 unspecified atom stereocenters. The lowest BCUT2D eigenvalue weighted by atomic mass is 9.90. The second kappa shape index (κ2) is 7.37. The highest BCUT2D eigenvalue weighted by Crippen LogP contribution is 2.35. The molecule has 1 aromatic heterocycles. The van der Waals surface area contributed by atoms with Crippen molar-refractivity contribution in [3.8, 4) is 0 Å². The summed E-state index contributed by atoms with van der Waals surface area (Å²) in [5.74, 6) is -0.431. The normalized spacial score (nSPS) is 19.8. The van der Waals surface area contributed by atoms with Crippen molar-refractivity contribution in [2.75, 3.05) is 18.5 Å². The van der Waals surface area contributed by atoms with E-state index in [1.54, 1.807) is 30.3 Å². The van der Waals surface area contributed by atoms with E-state index in [0.717, 1.165) is 4.47 Å². The number of amides is 1. The number of rotatable bonds is 4. The number of benzene rings is 1. The summed E-state index contributed by atoms with van der Waals surface area (Å²) in [6.45, 7) is -0.00698. The molecule has 0 saturated heterocycles. The zero-order valence-electron chi connectivity index (χ0n) is 13.0. The molecule has 0 fully saturated rings. The molecule has 0 saturated carbocycles. The van der Waals surface area contributed by atoms with Gasteiger partial charge in [-0.15, -0.1) is 0 Å². The minimum atomic E-state index is -2.73. The van der Waals surface area contributed by atoms with Gasteiger partial charge in [-0.05, 0) is 45.8 Å². The molecule has 0 spiro atoms. The summed E-state index contributed by atoms with van der Waals surface area (Å²) >= 11 is 3.24. The summed E-state index contributed by atoms with van der Waals surface area (Å²) in [7, 11) is 0. The number of anilines is 1. The first-order chi connectivity index (χ1) is 12.0. The molecule has 0 bridgehead atoms. The largest absolute Gasteiger partial charge is 0.373 e. The summed E-state index contributed by atoms with van der Waals surface area (Å²) in [5.41, 5.74) is -0.876. The van der Waals surface area contributed by atoms with Crippen molar-refractivity contribution in [3.05, 3.63) is 58.3 Å². The zero-order valence-corrected chi connectivity index (χ0v) is 14.5. The van der Waals surface area contributed by atoms with Crippen LogP contribution in [0.5, 0.6) is 0 Å². The summed E-state index contributed by atoms with van der Waals surface area (Å²) in [6, 6.07) is 9.49. The van der Waals surface area contributed by atoms with Crippen LogP contribution in [0.3, 0.4) is 0 Å². The highest BCUT2D eigenvalue weighted by atomic mass is 79.9. The Morgan fingerprint density at radius 3 is 2.80 bits per heavy atom. The van der Waals surface area contributed by atoms with Gasteiger partial charge in [0.05, 0.1) is 13.2 Å². The van der Waals surface area contributed by atoms with Crippen LogP contribution in [0.2, 0.25) is 0 Å². The summed E-state index contributed by atoms with van der Waals surface area (Å²) in [4.78, 5) is 20.2. The lowest BCUT2D eigenvalue weighted by Crippen LogP contribution is -2.40. The van der Waals surface area contributed by atoms with E-state index in [0.29, 0.717) is 5.69 Å². The van der Waals surface area contributed by atoms with Gasteiger partial charge < -0.3 is 10.1 Å². The molecule has 2 heterocycles. The van der Waals surface area contributed by atoms with E-state index >= 15 is 0 Å². The van der Waals surface area contributed by atoms with Crippen molar-refractivity contribution in [3.63, 3.8) is 0 Å².